The van der Waals surface area contributed by atoms with E-state index in [9.17, 15) is 0 Å². The molecule has 0 fully saturated rings. The highest BCUT2D eigenvalue weighted by molar-refractivity contribution is 5.22. The lowest BCUT2D eigenvalue weighted by Crippen LogP contribution is -2.30. The van der Waals surface area contributed by atoms with Crippen LogP contribution in [0.15, 0.2) is 24.3 Å². The van der Waals surface area contributed by atoms with Crippen molar-refractivity contribution in [3.05, 3.63) is 35.4 Å². The monoisotopic (exact) mass is 206 g/mol. The van der Waals surface area contributed by atoms with Crippen LogP contribution in [0.2, 0.25) is 0 Å². The first kappa shape index (κ1) is 12.2. The first-order chi connectivity index (χ1) is 7.26. The van der Waals surface area contributed by atoms with Gasteiger partial charge >= 0.3 is 0 Å². The van der Waals surface area contributed by atoms with E-state index in [0.717, 1.165) is 26.1 Å². The van der Waals surface area contributed by atoms with Crippen molar-refractivity contribution in [2.24, 2.45) is 0 Å². The van der Waals surface area contributed by atoms with Gasteiger partial charge < -0.3 is 5.32 Å². The van der Waals surface area contributed by atoms with Gasteiger partial charge in [0.15, 0.2) is 0 Å². The largest absolute Gasteiger partial charge is 0.307 e. The molecule has 0 radical (unpaired) electrons. The molecule has 0 aliphatic rings. The van der Waals surface area contributed by atoms with Gasteiger partial charge in [-0.2, -0.15) is 0 Å². The van der Waals surface area contributed by atoms with Gasteiger partial charge in [0.1, 0.15) is 0 Å². The molecule has 2 heteroatoms. The van der Waals surface area contributed by atoms with Gasteiger partial charge in [0.2, 0.25) is 0 Å². The van der Waals surface area contributed by atoms with Crippen molar-refractivity contribution in [3.8, 4) is 0 Å². The van der Waals surface area contributed by atoms with Crippen LogP contribution in [0.25, 0.3) is 0 Å². The Morgan fingerprint density at radius 1 is 1.13 bits per heavy atom. The van der Waals surface area contributed by atoms with Crippen LogP contribution in [-0.4, -0.2) is 32.2 Å². The SMILES string of the molecule is CCc1ccc(CCN(C)CNC)cc1. The molecule has 1 N–H and O–H groups in total. The Bertz CT molecular complexity index is 266. The second-order valence-corrected chi connectivity index (χ2v) is 4.01. The Kier molecular flexibility index (Phi) is 5.37. The lowest BCUT2D eigenvalue weighted by molar-refractivity contribution is 0.321. The lowest BCUT2D eigenvalue weighted by Gasteiger charge is -2.15. The molecule has 2 nitrogen and oxygen atoms in total. The van der Waals surface area contributed by atoms with Gasteiger partial charge in [-0.25, -0.2) is 0 Å². The van der Waals surface area contributed by atoms with Crippen LogP contribution in [-0.2, 0) is 12.8 Å². The third kappa shape index (κ3) is 4.45. The average molecular weight is 206 g/mol. The maximum absolute atomic E-state index is 3.15. The van der Waals surface area contributed by atoms with Crippen LogP contribution in [0.1, 0.15) is 18.1 Å². The number of rotatable bonds is 6. The predicted octanol–water partition coefficient (Wildman–Crippen LogP) is 1.90. The summed E-state index contributed by atoms with van der Waals surface area (Å²) < 4.78 is 0. The van der Waals surface area contributed by atoms with Crippen LogP contribution < -0.4 is 5.32 Å². The summed E-state index contributed by atoms with van der Waals surface area (Å²) in [6.07, 6.45) is 2.25. The molecular weight excluding hydrogens is 184 g/mol. The van der Waals surface area contributed by atoms with E-state index < -0.39 is 0 Å². The molecule has 0 heterocycles. The molecule has 0 aromatic heterocycles. The highest BCUT2D eigenvalue weighted by Crippen LogP contribution is 2.05. The standard InChI is InChI=1S/C13H22N2/c1-4-12-5-7-13(8-6-12)9-10-15(3)11-14-2/h5-8,14H,4,9-11H2,1-3H3. The number of aryl methyl sites for hydroxylation is 1. The maximum atomic E-state index is 3.15. The lowest BCUT2D eigenvalue weighted by atomic mass is 10.1. The second kappa shape index (κ2) is 6.59. The Morgan fingerprint density at radius 3 is 2.27 bits per heavy atom. The third-order valence-corrected chi connectivity index (χ3v) is 2.64. The number of hydrogen-bond acceptors (Lipinski definition) is 2. The summed E-state index contributed by atoms with van der Waals surface area (Å²) in [4.78, 5) is 2.29. The summed E-state index contributed by atoms with van der Waals surface area (Å²) in [7, 11) is 4.11. The zero-order valence-electron chi connectivity index (χ0n) is 10.1. The Morgan fingerprint density at radius 2 is 1.73 bits per heavy atom. The molecular formula is C13H22N2. The van der Waals surface area contributed by atoms with Crippen molar-refractivity contribution in [2.75, 3.05) is 27.3 Å². The Hall–Kier alpha value is -0.860. The molecule has 0 unspecified atom stereocenters. The fourth-order valence-electron chi connectivity index (χ4n) is 1.61. The van der Waals surface area contributed by atoms with E-state index in [1.54, 1.807) is 0 Å². The van der Waals surface area contributed by atoms with Crippen molar-refractivity contribution in [1.29, 1.82) is 0 Å². The molecule has 0 aliphatic heterocycles. The minimum absolute atomic E-state index is 0.951. The van der Waals surface area contributed by atoms with Crippen LogP contribution in [0.4, 0.5) is 0 Å². The summed E-state index contributed by atoms with van der Waals surface area (Å²) in [6, 6.07) is 8.94. The molecule has 1 aromatic rings. The van der Waals surface area contributed by atoms with Gasteiger partial charge in [-0.3, -0.25) is 4.90 Å². The summed E-state index contributed by atoms with van der Waals surface area (Å²) >= 11 is 0. The summed E-state index contributed by atoms with van der Waals surface area (Å²) in [5.41, 5.74) is 2.84. The third-order valence-electron chi connectivity index (χ3n) is 2.64. The van der Waals surface area contributed by atoms with Crippen LogP contribution in [0.3, 0.4) is 0 Å². The first-order valence-corrected chi connectivity index (χ1v) is 5.67. The van der Waals surface area contributed by atoms with E-state index in [-0.39, 0.29) is 0 Å². The molecule has 0 atom stereocenters. The van der Waals surface area contributed by atoms with Gasteiger partial charge in [0.25, 0.3) is 0 Å². The zero-order valence-corrected chi connectivity index (χ0v) is 10.1. The quantitative estimate of drug-likeness (QED) is 0.715. The van der Waals surface area contributed by atoms with Crippen molar-refractivity contribution >= 4 is 0 Å². The molecule has 1 rings (SSSR count). The van der Waals surface area contributed by atoms with Crippen LogP contribution >= 0.6 is 0 Å². The number of hydrogen-bond donors (Lipinski definition) is 1. The van der Waals surface area contributed by atoms with Gasteiger partial charge in [-0.05, 0) is 38.1 Å². The maximum Gasteiger partial charge on any atom is 0.0475 e. The molecule has 0 saturated carbocycles. The molecule has 1 aromatic carbocycles. The van der Waals surface area contributed by atoms with Gasteiger partial charge in [-0.1, -0.05) is 31.2 Å². The molecule has 0 spiro atoms. The van der Waals surface area contributed by atoms with Crippen molar-refractivity contribution < 1.29 is 0 Å². The zero-order chi connectivity index (χ0) is 11.1. The van der Waals surface area contributed by atoms with E-state index >= 15 is 0 Å². The van der Waals surface area contributed by atoms with Crippen molar-refractivity contribution in [3.63, 3.8) is 0 Å². The van der Waals surface area contributed by atoms with E-state index in [4.69, 9.17) is 0 Å². The fraction of sp³-hybridized carbons (Fsp3) is 0.538. The predicted molar refractivity (Wildman–Crippen MR) is 66.1 cm³/mol. The van der Waals surface area contributed by atoms with E-state index in [1.165, 1.54) is 11.1 Å². The molecule has 0 bridgehead atoms. The average Bonchev–Trinajstić information content (AvgIpc) is 2.27. The van der Waals surface area contributed by atoms with Crippen LogP contribution in [0.5, 0.6) is 0 Å². The van der Waals surface area contributed by atoms with Gasteiger partial charge in [0.05, 0.1) is 0 Å². The highest BCUT2D eigenvalue weighted by atomic mass is 15.2. The molecule has 0 saturated heterocycles. The fourth-order valence-corrected chi connectivity index (χ4v) is 1.61. The smallest absolute Gasteiger partial charge is 0.0475 e. The van der Waals surface area contributed by atoms with Crippen molar-refractivity contribution in [1.82, 2.24) is 10.2 Å². The number of benzene rings is 1. The van der Waals surface area contributed by atoms with Crippen molar-refractivity contribution in [2.45, 2.75) is 19.8 Å². The van der Waals surface area contributed by atoms with Gasteiger partial charge in [0, 0.05) is 13.2 Å². The number of nitrogens with zero attached hydrogens (tertiary/aromatic N) is 1. The second-order valence-electron chi connectivity index (χ2n) is 4.01. The molecule has 15 heavy (non-hydrogen) atoms. The van der Waals surface area contributed by atoms with Gasteiger partial charge in [-0.15, -0.1) is 0 Å². The highest BCUT2D eigenvalue weighted by Gasteiger charge is 1.97. The van der Waals surface area contributed by atoms with E-state index in [0.29, 0.717) is 0 Å². The van der Waals surface area contributed by atoms with E-state index in [2.05, 4.69) is 48.5 Å². The first-order valence-electron chi connectivity index (χ1n) is 5.67. The number of likely N-dealkylation sites (N-methyl/N-ethyl adjacent to an activating group) is 1. The summed E-state index contributed by atoms with van der Waals surface area (Å²) in [5, 5.41) is 3.15. The Labute approximate surface area is 93.3 Å². The minimum Gasteiger partial charge on any atom is -0.307 e. The topological polar surface area (TPSA) is 15.3 Å². The normalized spacial score (nSPS) is 10.9. The molecule has 84 valence electrons. The Balaban J connectivity index is 2.37. The summed E-state index contributed by atoms with van der Waals surface area (Å²) in [6.45, 7) is 4.25. The van der Waals surface area contributed by atoms with E-state index in [1.807, 2.05) is 7.05 Å². The minimum atomic E-state index is 0.951. The van der Waals surface area contributed by atoms with Crippen LogP contribution in [0, 0.1) is 0 Å². The molecule has 0 amide bonds. The number of nitrogens with one attached hydrogen (secondary N) is 1. The summed E-state index contributed by atoms with van der Waals surface area (Å²) in [5.74, 6) is 0. The molecule has 0 aliphatic carbocycles.